The summed E-state index contributed by atoms with van der Waals surface area (Å²) < 4.78 is 6.37. The first-order chi connectivity index (χ1) is 9.11. The molecule has 2 aromatic heterocycles. The highest BCUT2D eigenvalue weighted by atomic mass is 16.5. The minimum absolute atomic E-state index is 0.0319. The van der Waals surface area contributed by atoms with Crippen molar-refractivity contribution < 1.29 is 15.1 Å². The Morgan fingerprint density at radius 1 is 1.58 bits per heavy atom. The lowest BCUT2D eigenvalue weighted by Crippen LogP contribution is -2.30. The fraction of sp³-hybridized carbons (Fsp3) is 0.444. The van der Waals surface area contributed by atoms with Gasteiger partial charge in [0.15, 0.2) is 23.1 Å². The van der Waals surface area contributed by atoms with Crippen molar-refractivity contribution in [2.24, 2.45) is 0 Å². The number of nitrogen functional groups attached to an aromatic ring is 1. The molecule has 2 unspecified atom stereocenters. The standard InChI is InChI=1S/C9H11N6O4/c10-8-6-7(15(18)12-8)9(17)14(13-11-6)5-2-1-4(3-16)19-5/h1,4-5,16,18H,2-3H2,(H2,10,12). The molecule has 0 aromatic carbocycles. The molecule has 4 N–H and O–H groups in total. The topological polar surface area (TPSA) is 141 Å². The first-order valence-corrected chi connectivity index (χ1v) is 5.54. The molecule has 1 aliphatic rings. The van der Waals surface area contributed by atoms with Crippen LogP contribution in [-0.4, -0.2) is 48.0 Å². The second kappa shape index (κ2) is 4.17. The molecule has 0 amide bonds. The van der Waals surface area contributed by atoms with Crippen LogP contribution in [0.2, 0.25) is 0 Å². The molecule has 0 aliphatic carbocycles. The maximum atomic E-state index is 12.2. The molecule has 101 valence electrons. The zero-order chi connectivity index (χ0) is 13.6. The zero-order valence-corrected chi connectivity index (χ0v) is 9.67. The van der Waals surface area contributed by atoms with Gasteiger partial charge in [0.2, 0.25) is 0 Å². The number of nitrogens with zero attached hydrogens (tertiary/aromatic N) is 5. The molecule has 1 saturated heterocycles. The minimum Gasteiger partial charge on any atom is -0.411 e. The van der Waals surface area contributed by atoms with Gasteiger partial charge in [0.25, 0.3) is 0 Å². The van der Waals surface area contributed by atoms with Crippen molar-refractivity contribution in [3.63, 3.8) is 0 Å². The molecule has 10 heteroatoms. The number of rotatable bonds is 2. The Labute approximate surface area is 106 Å². The molecule has 2 aromatic rings. The quantitative estimate of drug-likeness (QED) is 0.546. The van der Waals surface area contributed by atoms with Crippen molar-refractivity contribution in [3.05, 3.63) is 16.8 Å². The fourth-order valence-electron chi connectivity index (χ4n) is 1.99. The molecule has 0 saturated carbocycles. The van der Waals surface area contributed by atoms with Gasteiger partial charge in [0.1, 0.15) is 0 Å². The van der Waals surface area contributed by atoms with E-state index in [0.29, 0.717) is 11.3 Å². The first-order valence-electron chi connectivity index (χ1n) is 5.54. The van der Waals surface area contributed by atoms with E-state index >= 15 is 0 Å². The summed E-state index contributed by atoms with van der Waals surface area (Å²) in [5.41, 5.74) is 4.73. The monoisotopic (exact) mass is 267 g/mol. The van der Waals surface area contributed by atoms with Crippen molar-refractivity contribution in [2.45, 2.75) is 18.8 Å². The van der Waals surface area contributed by atoms with Crippen LogP contribution in [0.15, 0.2) is 4.79 Å². The molecule has 1 aliphatic heterocycles. The van der Waals surface area contributed by atoms with Gasteiger partial charge in [-0.05, 0) is 6.42 Å². The van der Waals surface area contributed by atoms with Crippen LogP contribution in [0.4, 0.5) is 5.82 Å². The van der Waals surface area contributed by atoms with Crippen LogP contribution in [0.5, 0.6) is 0 Å². The van der Waals surface area contributed by atoms with Gasteiger partial charge >= 0.3 is 5.56 Å². The van der Waals surface area contributed by atoms with E-state index in [9.17, 15) is 10.0 Å². The van der Waals surface area contributed by atoms with Gasteiger partial charge < -0.3 is 20.8 Å². The zero-order valence-electron chi connectivity index (χ0n) is 9.67. The van der Waals surface area contributed by atoms with Crippen LogP contribution in [0.3, 0.4) is 0 Å². The van der Waals surface area contributed by atoms with Gasteiger partial charge in [-0.3, -0.25) is 4.79 Å². The van der Waals surface area contributed by atoms with Crippen molar-refractivity contribution in [1.82, 2.24) is 24.9 Å². The van der Waals surface area contributed by atoms with Crippen LogP contribution in [0.25, 0.3) is 11.0 Å². The van der Waals surface area contributed by atoms with E-state index in [-0.39, 0.29) is 23.5 Å². The lowest BCUT2D eigenvalue weighted by Gasteiger charge is -2.12. The largest absolute Gasteiger partial charge is 0.411 e. The van der Waals surface area contributed by atoms with Gasteiger partial charge in [-0.25, -0.2) is 0 Å². The summed E-state index contributed by atoms with van der Waals surface area (Å²) in [6.45, 7) is -0.175. The molecule has 0 spiro atoms. The van der Waals surface area contributed by atoms with Crippen LogP contribution >= 0.6 is 0 Å². The van der Waals surface area contributed by atoms with E-state index in [0.717, 1.165) is 4.68 Å². The summed E-state index contributed by atoms with van der Waals surface area (Å²) in [7, 11) is 0. The Kier molecular flexibility index (Phi) is 2.61. The van der Waals surface area contributed by atoms with Crippen molar-refractivity contribution in [3.8, 4) is 0 Å². The average molecular weight is 267 g/mol. The number of aliphatic hydroxyl groups is 1. The van der Waals surface area contributed by atoms with Crippen LogP contribution in [0.1, 0.15) is 12.6 Å². The van der Waals surface area contributed by atoms with E-state index in [2.05, 4.69) is 15.4 Å². The van der Waals surface area contributed by atoms with E-state index in [1.807, 2.05) is 0 Å². The smallest absolute Gasteiger partial charge is 0.302 e. The second-order valence-electron chi connectivity index (χ2n) is 4.09. The van der Waals surface area contributed by atoms with Crippen molar-refractivity contribution in [1.29, 1.82) is 0 Å². The van der Waals surface area contributed by atoms with Crippen molar-refractivity contribution in [2.75, 3.05) is 12.3 Å². The average Bonchev–Trinajstić information content (AvgIpc) is 2.96. The summed E-state index contributed by atoms with van der Waals surface area (Å²) in [5.74, 6) is -0.0820. The van der Waals surface area contributed by atoms with Crippen LogP contribution in [-0.2, 0) is 4.74 Å². The number of hydrogen-bond acceptors (Lipinski definition) is 8. The Hall–Kier alpha value is -2.20. The summed E-state index contributed by atoms with van der Waals surface area (Å²) in [4.78, 5) is 12.5. The third-order valence-corrected chi connectivity index (χ3v) is 2.91. The normalized spacial score (nSPS) is 23.2. The Morgan fingerprint density at radius 3 is 3.05 bits per heavy atom. The lowest BCUT2D eigenvalue weighted by atomic mass is 10.2. The predicted molar refractivity (Wildman–Crippen MR) is 61.1 cm³/mol. The summed E-state index contributed by atoms with van der Waals surface area (Å²) in [5, 5.41) is 29.4. The summed E-state index contributed by atoms with van der Waals surface area (Å²) in [6, 6.07) is 0. The van der Waals surface area contributed by atoms with E-state index < -0.39 is 17.9 Å². The molecule has 1 radical (unpaired) electrons. The number of ether oxygens (including phenoxy) is 1. The first kappa shape index (κ1) is 11.9. The van der Waals surface area contributed by atoms with E-state index in [1.165, 1.54) is 0 Å². The van der Waals surface area contributed by atoms with Crippen molar-refractivity contribution >= 4 is 16.9 Å². The molecule has 1 fully saturated rings. The summed E-state index contributed by atoms with van der Waals surface area (Å²) in [6.07, 6.45) is 1.02. The highest BCUT2D eigenvalue weighted by molar-refractivity contribution is 5.83. The van der Waals surface area contributed by atoms with Crippen LogP contribution < -0.4 is 11.3 Å². The Morgan fingerprint density at radius 2 is 2.37 bits per heavy atom. The molecular formula is C9H11N6O4. The van der Waals surface area contributed by atoms with Gasteiger partial charge in [0, 0.05) is 6.42 Å². The highest BCUT2D eigenvalue weighted by Crippen LogP contribution is 2.25. The van der Waals surface area contributed by atoms with Gasteiger partial charge in [-0.15, -0.1) is 10.2 Å². The molecule has 3 heterocycles. The highest BCUT2D eigenvalue weighted by Gasteiger charge is 2.29. The SMILES string of the molecule is Nc1nn(O)c2c(=O)n(C3C[CH]C(CO)O3)nnc12. The van der Waals surface area contributed by atoms with Gasteiger partial charge in [0.05, 0.1) is 12.7 Å². The number of hydrogen-bond donors (Lipinski definition) is 3. The second-order valence-corrected chi connectivity index (χ2v) is 4.09. The number of aromatic nitrogens is 5. The molecule has 10 nitrogen and oxygen atoms in total. The van der Waals surface area contributed by atoms with Crippen LogP contribution in [0, 0.1) is 6.42 Å². The molecular weight excluding hydrogens is 256 g/mol. The maximum Gasteiger partial charge on any atom is 0.302 e. The third-order valence-electron chi connectivity index (χ3n) is 2.91. The third kappa shape index (κ3) is 1.72. The van der Waals surface area contributed by atoms with Gasteiger partial charge in [-0.1, -0.05) is 10.1 Å². The number of nitrogens with two attached hydrogens (primary N) is 1. The number of anilines is 1. The molecule has 2 atom stereocenters. The van der Waals surface area contributed by atoms with E-state index in [1.54, 1.807) is 6.42 Å². The number of fused-ring (bicyclic) bond motifs is 1. The predicted octanol–water partition coefficient (Wildman–Crippen LogP) is -1.71. The minimum atomic E-state index is -0.669. The summed E-state index contributed by atoms with van der Waals surface area (Å²) >= 11 is 0. The maximum absolute atomic E-state index is 12.2. The Bertz CT molecular complexity index is 679. The molecule has 3 rings (SSSR count). The molecule has 19 heavy (non-hydrogen) atoms. The Balaban J connectivity index is 2.09. The van der Waals surface area contributed by atoms with Gasteiger partial charge in [-0.2, -0.15) is 4.68 Å². The fourth-order valence-corrected chi connectivity index (χ4v) is 1.99. The molecule has 0 bridgehead atoms. The number of aliphatic hydroxyl groups excluding tert-OH is 1. The van der Waals surface area contributed by atoms with E-state index in [4.69, 9.17) is 15.6 Å². The lowest BCUT2D eigenvalue weighted by molar-refractivity contribution is -0.0269.